The van der Waals surface area contributed by atoms with Gasteiger partial charge in [-0.25, -0.2) is 0 Å². The number of hydrogen-bond donors (Lipinski definition) is 0. The molecule has 48 valence electrons. The monoisotopic (exact) mass is 123 g/mol. The Morgan fingerprint density at radius 3 is 2.44 bits per heavy atom. The highest BCUT2D eigenvalue weighted by Gasteiger charge is 1.96. The molecule has 0 aliphatic heterocycles. The van der Waals surface area contributed by atoms with E-state index in [9.17, 15) is 0 Å². The van der Waals surface area contributed by atoms with E-state index in [-0.39, 0.29) is 0 Å². The fourth-order valence-corrected chi connectivity index (χ4v) is 0.398. The van der Waals surface area contributed by atoms with Gasteiger partial charge >= 0.3 is 0 Å². The smallest absolute Gasteiger partial charge is 0.129 e. The summed E-state index contributed by atoms with van der Waals surface area (Å²) >= 11 is 0. The minimum absolute atomic E-state index is 0.417. The predicted octanol–water partition coefficient (Wildman–Crippen LogP) is 1.62. The number of ether oxygens (including phenoxy) is 1. The van der Waals surface area contributed by atoms with Crippen LogP contribution in [0.3, 0.4) is 0 Å². The highest BCUT2D eigenvalue weighted by molar-refractivity contribution is 5.35. The molecule has 0 radical (unpaired) electrons. The molecule has 0 aromatic rings. The average Bonchev–Trinajstić information content (AvgIpc) is 1.90. The molecule has 0 rings (SSSR count). The third kappa shape index (κ3) is 2.00. The Kier molecular flexibility index (Phi) is 3.22. The summed E-state index contributed by atoms with van der Waals surface area (Å²) in [6.45, 7) is 5.27. The molecule has 0 aromatic heterocycles. The van der Waals surface area contributed by atoms with Crippen LogP contribution >= 0.6 is 0 Å². The van der Waals surface area contributed by atoms with Gasteiger partial charge in [0.05, 0.1) is 12.7 Å². The first-order chi connectivity index (χ1) is 4.26. The van der Waals surface area contributed by atoms with Gasteiger partial charge in [-0.1, -0.05) is 12.7 Å². The molecule has 0 aliphatic carbocycles. The molecule has 9 heavy (non-hydrogen) atoms. The van der Waals surface area contributed by atoms with Crippen molar-refractivity contribution >= 4 is 0 Å². The van der Waals surface area contributed by atoms with E-state index < -0.39 is 0 Å². The van der Waals surface area contributed by atoms with Crippen LogP contribution in [0.5, 0.6) is 0 Å². The van der Waals surface area contributed by atoms with Crippen LogP contribution in [0.4, 0.5) is 0 Å². The molecular formula is C7H9NO. The molecule has 0 unspecified atom stereocenters. The van der Waals surface area contributed by atoms with E-state index in [2.05, 4.69) is 6.58 Å². The van der Waals surface area contributed by atoms with Crippen molar-refractivity contribution in [3.05, 3.63) is 24.0 Å². The van der Waals surface area contributed by atoms with Gasteiger partial charge in [-0.3, -0.25) is 0 Å². The molecule has 0 atom stereocenters. The zero-order chi connectivity index (χ0) is 7.28. The lowest BCUT2D eigenvalue weighted by atomic mass is 10.2. The predicted molar refractivity (Wildman–Crippen MR) is 35.5 cm³/mol. The van der Waals surface area contributed by atoms with Gasteiger partial charge in [0.2, 0.25) is 0 Å². The Labute approximate surface area is 55.1 Å². The number of nitriles is 1. The van der Waals surface area contributed by atoms with Crippen molar-refractivity contribution in [3.63, 3.8) is 0 Å². The molecule has 0 N–H and O–H groups in total. The maximum Gasteiger partial charge on any atom is 0.129 e. The molecular weight excluding hydrogens is 114 g/mol. The third-order valence-electron chi connectivity index (χ3n) is 0.956. The van der Waals surface area contributed by atoms with Crippen molar-refractivity contribution in [2.75, 3.05) is 7.11 Å². The van der Waals surface area contributed by atoms with Crippen molar-refractivity contribution in [1.29, 1.82) is 5.26 Å². The number of nitrogens with zero attached hydrogens (tertiary/aromatic N) is 1. The van der Waals surface area contributed by atoms with Crippen LogP contribution in [0.25, 0.3) is 0 Å². The van der Waals surface area contributed by atoms with E-state index in [1.54, 1.807) is 13.0 Å². The van der Waals surface area contributed by atoms with Gasteiger partial charge in [-0.15, -0.1) is 0 Å². The highest BCUT2D eigenvalue weighted by Crippen LogP contribution is 2.04. The van der Waals surface area contributed by atoms with Crippen LogP contribution in [-0.4, -0.2) is 7.11 Å². The van der Waals surface area contributed by atoms with Gasteiger partial charge in [-0.2, -0.15) is 5.26 Å². The summed E-state index contributed by atoms with van der Waals surface area (Å²) in [4.78, 5) is 0. The largest absolute Gasteiger partial charge is 0.496 e. The van der Waals surface area contributed by atoms with Gasteiger partial charge < -0.3 is 4.74 Å². The van der Waals surface area contributed by atoms with Crippen molar-refractivity contribution in [3.8, 4) is 6.07 Å². The molecule has 0 amide bonds. The number of methoxy groups -OCH3 is 1. The minimum Gasteiger partial charge on any atom is -0.496 e. The molecule has 0 aliphatic rings. The summed E-state index contributed by atoms with van der Waals surface area (Å²) in [5.74, 6) is 0.417. The second kappa shape index (κ2) is 3.73. The van der Waals surface area contributed by atoms with Crippen molar-refractivity contribution in [2.45, 2.75) is 6.92 Å². The summed E-state index contributed by atoms with van der Waals surface area (Å²) in [5, 5.41) is 8.37. The highest BCUT2D eigenvalue weighted by atomic mass is 16.5. The molecule has 0 saturated heterocycles. The Hall–Kier alpha value is -1.23. The third-order valence-corrected chi connectivity index (χ3v) is 0.956. The summed E-state index contributed by atoms with van der Waals surface area (Å²) in [6.07, 6.45) is 1.66. The maximum atomic E-state index is 8.37. The van der Waals surface area contributed by atoms with E-state index in [1.165, 1.54) is 7.11 Å². The normalized spacial score (nSPS) is 10.1. The van der Waals surface area contributed by atoms with Crippen molar-refractivity contribution < 1.29 is 4.74 Å². The quantitative estimate of drug-likeness (QED) is 0.317. The molecule has 2 heteroatoms. The Bertz CT molecular complexity index is 174. The average molecular weight is 123 g/mol. The fraction of sp³-hybridized carbons (Fsp3) is 0.286. The van der Waals surface area contributed by atoms with E-state index in [0.717, 1.165) is 0 Å². The molecule has 0 heterocycles. The lowest BCUT2D eigenvalue weighted by Gasteiger charge is -1.98. The fourth-order valence-electron chi connectivity index (χ4n) is 0.398. The van der Waals surface area contributed by atoms with E-state index >= 15 is 0 Å². The second-order valence-corrected chi connectivity index (χ2v) is 1.44. The second-order valence-electron chi connectivity index (χ2n) is 1.44. The molecule has 0 saturated carbocycles. The summed E-state index contributed by atoms with van der Waals surface area (Å²) in [7, 11) is 1.49. The van der Waals surface area contributed by atoms with Crippen molar-refractivity contribution in [2.24, 2.45) is 0 Å². The minimum atomic E-state index is 0.417. The van der Waals surface area contributed by atoms with E-state index in [4.69, 9.17) is 10.00 Å². The van der Waals surface area contributed by atoms with Gasteiger partial charge in [0.15, 0.2) is 0 Å². The van der Waals surface area contributed by atoms with Crippen molar-refractivity contribution in [1.82, 2.24) is 0 Å². The Balaban J connectivity index is 4.19. The van der Waals surface area contributed by atoms with Crippen LogP contribution in [0, 0.1) is 11.3 Å². The van der Waals surface area contributed by atoms with Crippen LogP contribution in [-0.2, 0) is 4.74 Å². The maximum absolute atomic E-state index is 8.37. The molecule has 0 spiro atoms. The van der Waals surface area contributed by atoms with Crippen LogP contribution in [0.2, 0.25) is 0 Å². The number of rotatable bonds is 2. The molecule has 2 nitrogen and oxygen atoms in total. The Morgan fingerprint density at radius 2 is 2.33 bits per heavy atom. The van der Waals surface area contributed by atoms with Gasteiger partial charge in [0.25, 0.3) is 0 Å². The number of allylic oxidation sites excluding steroid dienone is 2. The van der Waals surface area contributed by atoms with Crippen LogP contribution in [0.15, 0.2) is 24.0 Å². The summed E-state index contributed by atoms with van der Waals surface area (Å²) in [6, 6.07) is 1.94. The number of hydrogen-bond acceptors (Lipinski definition) is 2. The molecule has 0 aromatic carbocycles. The SMILES string of the molecule is C=C(OC)C(C#N)=CC. The lowest BCUT2D eigenvalue weighted by Crippen LogP contribution is -1.86. The standard InChI is InChI=1S/C7H9NO/c1-4-7(5-8)6(2)9-3/h4H,2H2,1,3H3. The van der Waals surface area contributed by atoms with Crippen LogP contribution in [0.1, 0.15) is 6.92 Å². The van der Waals surface area contributed by atoms with Gasteiger partial charge in [0, 0.05) is 0 Å². The van der Waals surface area contributed by atoms with E-state index in [1.807, 2.05) is 6.07 Å². The first-order valence-electron chi connectivity index (χ1n) is 2.56. The molecule has 0 fully saturated rings. The zero-order valence-corrected chi connectivity index (χ0v) is 5.64. The first-order valence-corrected chi connectivity index (χ1v) is 2.56. The molecule has 0 bridgehead atoms. The van der Waals surface area contributed by atoms with Crippen LogP contribution < -0.4 is 0 Å². The van der Waals surface area contributed by atoms with Gasteiger partial charge in [0.1, 0.15) is 11.8 Å². The first kappa shape index (κ1) is 7.77. The van der Waals surface area contributed by atoms with E-state index in [0.29, 0.717) is 11.3 Å². The summed E-state index contributed by atoms with van der Waals surface area (Å²) in [5.41, 5.74) is 0.484. The lowest BCUT2D eigenvalue weighted by molar-refractivity contribution is 0.305. The Morgan fingerprint density at radius 1 is 1.78 bits per heavy atom. The van der Waals surface area contributed by atoms with Gasteiger partial charge in [-0.05, 0) is 6.92 Å². The topological polar surface area (TPSA) is 33.0 Å². The summed E-state index contributed by atoms with van der Waals surface area (Å²) < 4.78 is 4.71. The zero-order valence-electron chi connectivity index (χ0n) is 5.64.